The van der Waals surface area contributed by atoms with Crippen LogP contribution < -0.4 is 5.32 Å². The van der Waals surface area contributed by atoms with E-state index in [9.17, 15) is 14.4 Å². The zero-order chi connectivity index (χ0) is 21.3. The van der Waals surface area contributed by atoms with Crippen molar-refractivity contribution in [2.24, 2.45) is 7.05 Å². The largest absolute Gasteiger partial charge is 0.374 e. The first-order chi connectivity index (χ1) is 14.4. The Balaban J connectivity index is 1.55. The highest BCUT2D eigenvalue weighted by molar-refractivity contribution is 5.99. The van der Waals surface area contributed by atoms with Gasteiger partial charge < -0.3 is 15.1 Å². The molecular weight excluding hydrogens is 382 g/mol. The molecule has 0 bridgehead atoms. The summed E-state index contributed by atoms with van der Waals surface area (Å²) in [7, 11) is 3.92. The lowest BCUT2D eigenvalue weighted by molar-refractivity contribution is -0.130. The third-order valence-corrected chi connectivity index (χ3v) is 6.26. The first kappa shape index (κ1) is 20.5. The lowest BCUT2D eigenvalue weighted by Crippen LogP contribution is -2.48. The number of rotatable bonds is 4. The predicted octanol–water partition coefficient (Wildman–Crippen LogP) is 1.55. The molecule has 1 aromatic carbocycles. The number of para-hydroxylation sites is 1. The monoisotopic (exact) mass is 411 g/mol. The van der Waals surface area contributed by atoms with E-state index < -0.39 is 0 Å². The highest BCUT2D eigenvalue weighted by atomic mass is 16.2. The molecular formula is C22H29N5O3. The van der Waals surface area contributed by atoms with Gasteiger partial charge in [-0.25, -0.2) is 0 Å². The standard InChI is InChI=1S/C22H29N5O3/c1-25-10-12-27(13-11-25)20(30)14-23-18-5-3-4-17-21(24-26(2)22(17)18)16-8-6-15(28)7-9-19(16)29/h3-5,16,23H,6-14H2,1-2H3. The van der Waals surface area contributed by atoms with E-state index in [1.807, 2.05) is 30.1 Å². The summed E-state index contributed by atoms with van der Waals surface area (Å²) in [6.45, 7) is 3.51. The summed E-state index contributed by atoms with van der Waals surface area (Å²) in [5.41, 5.74) is 2.44. The van der Waals surface area contributed by atoms with E-state index in [1.54, 1.807) is 4.68 Å². The highest BCUT2D eigenvalue weighted by Crippen LogP contribution is 2.34. The Kier molecular flexibility index (Phi) is 5.85. The van der Waals surface area contributed by atoms with Crippen LogP contribution in [0.25, 0.3) is 10.9 Å². The number of hydrogen-bond acceptors (Lipinski definition) is 6. The molecule has 4 rings (SSSR count). The zero-order valence-corrected chi connectivity index (χ0v) is 17.7. The van der Waals surface area contributed by atoms with Crippen molar-refractivity contribution < 1.29 is 14.4 Å². The van der Waals surface area contributed by atoms with Crippen LogP contribution in [0.2, 0.25) is 0 Å². The summed E-state index contributed by atoms with van der Waals surface area (Å²) in [6.07, 6.45) is 1.57. The van der Waals surface area contributed by atoms with Crippen LogP contribution >= 0.6 is 0 Å². The van der Waals surface area contributed by atoms with Gasteiger partial charge in [-0.3, -0.25) is 19.1 Å². The van der Waals surface area contributed by atoms with Gasteiger partial charge in [0.15, 0.2) is 0 Å². The van der Waals surface area contributed by atoms with Gasteiger partial charge in [-0.1, -0.05) is 12.1 Å². The first-order valence-corrected chi connectivity index (χ1v) is 10.6. The van der Waals surface area contributed by atoms with Gasteiger partial charge in [0.25, 0.3) is 0 Å². The Hall–Kier alpha value is -2.74. The van der Waals surface area contributed by atoms with E-state index in [2.05, 4.69) is 22.4 Å². The molecule has 1 atom stereocenters. The van der Waals surface area contributed by atoms with Crippen molar-refractivity contribution in [3.05, 3.63) is 23.9 Å². The number of carbonyl (C=O) groups excluding carboxylic acids is 3. The number of Topliss-reactive ketones (excluding diaryl/α,β-unsaturated/α-hetero) is 2. The number of anilines is 1. The summed E-state index contributed by atoms with van der Waals surface area (Å²) >= 11 is 0. The molecule has 2 fully saturated rings. The summed E-state index contributed by atoms with van der Waals surface area (Å²) < 4.78 is 1.77. The van der Waals surface area contributed by atoms with Crippen LogP contribution in [0.3, 0.4) is 0 Å². The SMILES string of the molecule is CN1CCN(C(=O)CNc2cccc3c(C4CCC(=O)CCC4=O)nn(C)c23)CC1. The molecule has 1 N–H and O–H groups in total. The molecule has 1 aliphatic heterocycles. The number of ketones is 2. The van der Waals surface area contributed by atoms with Gasteiger partial charge in [0, 0.05) is 57.9 Å². The van der Waals surface area contributed by atoms with Gasteiger partial charge in [0.2, 0.25) is 5.91 Å². The molecule has 8 heteroatoms. The van der Waals surface area contributed by atoms with Crippen molar-refractivity contribution in [1.82, 2.24) is 19.6 Å². The maximum Gasteiger partial charge on any atom is 0.241 e. The van der Waals surface area contributed by atoms with E-state index in [1.165, 1.54) is 0 Å². The number of likely N-dealkylation sites (N-methyl/N-ethyl adjacent to an activating group) is 1. The van der Waals surface area contributed by atoms with Crippen LogP contribution in [0.15, 0.2) is 18.2 Å². The minimum absolute atomic E-state index is 0.0833. The number of carbonyl (C=O) groups is 3. The van der Waals surface area contributed by atoms with Gasteiger partial charge in [-0.15, -0.1) is 0 Å². The van der Waals surface area contributed by atoms with Crippen LogP contribution in [0.4, 0.5) is 5.69 Å². The van der Waals surface area contributed by atoms with E-state index >= 15 is 0 Å². The zero-order valence-electron chi connectivity index (χ0n) is 17.7. The summed E-state index contributed by atoms with van der Waals surface area (Å²) in [5, 5.41) is 8.84. The number of piperazine rings is 1. The Morgan fingerprint density at radius 2 is 1.87 bits per heavy atom. The first-order valence-electron chi connectivity index (χ1n) is 10.6. The van der Waals surface area contributed by atoms with Gasteiger partial charge in [0.05, 0.1) is 29.4 Å². The molecule has 1 aromatic heterocycles. The molecule has 8 nitrogen and oxygen atoms in total. The fourth-order valence-electron chi connectivity index (χ4n) is 4.42. The lowest BCUT2D eigenvalue weighted by Gasteiger charge is -2.32. The lowest BCUT2D eigenvalue weighted by atomic mass is 9.93. The number of amides is 1. The molecule has 1 saturated heterocycles. The number of aromatic nitrogens is 2. The van der Waals surface area contributed by atoms with Crippen LogP contribution in [0, 0.1) is 0 Å². The van der Waals surface area contributed by atoms with Gasteiger partial charge in [-0.05, 0) is 19.5 Å². The molecule has 30 heavy (non-hydrogen) atoms. The maximum atomic E-state index is 12.6. The highest BCUT2D eigenvalue weighted by Gasteiger charge is 2.30. The number of fused-ring (bicyclic) bond motifs is 1. The number of aryl methyl sites for hydroxylation is 1. The summed E-state index contributed by atoms with van der Waals surface area (Å²) in [6, 6.07) is 5.82. The van der Waals surface area contributed by atoms with Crippen LogP contribution in [-0.2, 0) is 21.4 Å². The average Bonchev–Trinajstić information content (AvgIpc) is 2.98. The molecule has 1 amide bonds. The quantitative estimate of drug-likeness (QED) is 0.769. The molecule has 160 valence electrons. The normalized spacial score (nSPS) is 21.1. The Morgan fingerprint density at radius 1 is 1.10 bits per heavy atom. The Labute approximate surface area is 176 Å². The van der Waals surface area contributed by atoms with Gasteiger partial charge in [-0.2, -0.15) is 5.10 Å². The third-order valence-electron chi connectivity index (χ3n) is 6.26. The van der Waals surface area contributed by atoms with Gasteiger partial charge in [0.1, 0.15) is 11.6 Å². The summed E-state index contributed by atoms with van der Waals surface area (Å²) in [4.78, 5) is 41.2. The van der Waals surface area contributed by atoms with E-state index in [0.717, 1.165) is 48.5 Å². The second kappa shape index (κ2) is 8.55. The molecule has 0 spiro atoms. The second-order valence-electron chi connectivity index (χ2n) is 8.34. The summed E-state index contributed by atoms with van der Waals surface area (Å²) in [5.74, 6) is -0.0253. The predicted molar refractivity (Wildman–Crippen MR) is 115 cm³/mol. The minimum Gasteiger partial charge on any atom is -0.374 e. The Morgan fingerprint density at radius 3 is 2.63 bits per heavy atom. The topological polar surface area (TPSA) is 87.5 Å². The van der Waals surface area contributed by atoms with Crippen LogP contribution in [-0.4, -0.2) is 76.8 Å². The molecule has 1 unspecified atom stereocenters. The van der Waals surface area contributed by atoms with E-state index in [-0.39, 0.29) is 29.9 Å². The number of nitrogens with zero attached hydrogens (tertiary/aromatic N) is 4. The van der Waals surface area contributed by atoms with Gasteiger partial charge >= 0.3 is 0 Å². The van der Waals surface area contributed by atoms with Crippen LogP contribution in [0.1, 0.15) is 37.3 Å². The van der Waals surface area contributed by atoms with Crippen molar-refractivity contribution in [2.75, 3.05) is 45.1 Å². The molecule has 2 heterocycles. The van der Waals surface area contributed by atoms with E-state index in [0.29, 0.717) is 25.7 Å². The number of benzene rings is 1. The van der Waals surface area contributed by atoms with Crippen molar-refractivity contribution in [2.45, 2.75) is 31.6 Å². The smallest absolute Gasteiger partial charge is 0.241 e. The maximum absolute atomic E-state index is 12.6. The molecule has 1 saturated carbocycles. The second-order valence-corrected chi connectivity index (χ2v) is 8.34. The average molecular weight is 412 g/mol. The fourth-order valence-corrected chi connectivity index (χ4v) is 4.42. The third kappa shape index (κ3) is 4.09. The molecule has 1 aliphatic carbocycles. The molecule has 2 aliphatic rings. The minimum atomic E-state index is -0.345. The fraction of sp³-hybridized carbons (Fsp3) is 0.545. The van der Waals surface area contributed by atoms with Crippen molar-refractivity contribution in [1.29, 1.82) is 0 Å². The van der Waals surface area contributed by atoms with Crippen LogP contribution in [0.5, 0.6) is 0 Å². The molecule has 2 aromatic rings. The van der Waals surface area contributed by atoms with Crippen molar-refractivity contribution in [3.8, 4) is 0 Å². The van der Waals surface area contributed by atoms with Crippen molar-refractivity contribution in [3.63, 3.8) is 0 Å². The molecule has 0 radical (unpaired) electrons. The van der Waals surface area contributed by atoms with E-state index in [4.69, 9.17) is 0 Å². The number of nitrogens with one attached hydrogen (secondary N) is 1. The Bertz CT molecular complexity index is 975. The number of hydrogen-bond donors (Lipinski definition) is 1. The van der Waals surface area contributed by atoms with Crippen molar-refractivity contribution >= 4 is 34.1 Å².